The fourth-order valence-corrected chi connectivity index (χ4v) is 0.927. The van der Waals surface area contributed by atoms with Crippen LogP contribution < -0.4 is 10.1 Å². The van der Waals surface area contributed by atoms with Gasteiger partial charge in [0.1, 0.15) is 12.4 Å². The molecule has 0 atom stereocenters. The van der Waals surface area contributed by atoms with Crippen molar-refractivity contribution in [2.24, 2.45) is 0 Å². The minimum absolute atomic E-state index is 0.0250. The molecule has 1 aromatic heterocycles. The van der Waals surface area contributed by atoms with E-state index >= 15 is 0 Å². The van der Waals surface area contributed by atoms with Crippen LogP contribution in [0.2, 0.25) is 0 Å². The smallest absolute Gasteiger partial charge is 0.250 e. The maximum absolute atomic E-state index is 11.1. The summed E-state index contributed by atoms with van der Waals surface area (Å²) in [5, 5.41) is 2.61. The molecule has 1 amide bonds. The van der Waals surface area contributed by atoms with Crippen LogP contribution in [0, 0.1) is 0 Å². The van der Waals surface area contributed by atoms with Gasteiger partial charge >= 0.3 is 0 Å². The Kier molecular flexibility index (Phi) is 3.87. The highest BCUT2D eigenvalue weighted by Gasteiger charge is 2.02. The van der Waals surface area contributed by atoms with Gasteiger partial charge in [0.15, 0.2) is 0 Å². The Morgan fingerprint density at radius 2 is 2.29 bits per heavy atom. The number of nitrogens with zero attached hydrogens (tertiary/aromatic N) is 1. The summed E-state index contributed by atoms with van der Waals surface area (Å²) in [5.41, 5.74) is 0.589. The summed E-state index contributed by atoms with van der Waals surface area (Å²) >= 11 is 0. The Morgan fingerprint density at radius 3 is 2.93 bits per heavy atom. The van der Waals surface area contributed by atoms with E-state index in [2.05, 4.69) is 15.0 Å². The minimum atomic E-state index is -0.220. The second kappa shape index (κ2) is 5.18. The van der Waals surface area contributed by atoms with Gasteiger partial charge < -0.3 is 14.8 Å². The van der Waals surface area contributed by atoms with Crippen molar-refractivity contribution in [3.8, 4) is 5.75 Å². The Hall–Kier alpha value is -1.62. The van der Waals surface area contributed by atoms with E-state index in [4.69, 9.17) is 4.74 Å². The lowest BCUT2D eigenvalue weighted by molar-refractivity contribution is -0.119. The van der Waals surface area contributed by atoms with Gasteiger partial charge in [-0.25, -0.2) is 0 Å². The third-order valence-electron chi connectivity index (χ3n) is 1.51. The summed E-state index contributed by atoms with van der Waals surface area (Å²) in [4.78, 5) is 15.0. The molecule has 0 fully saturated rings. The average molecular weight is 196 g/mol. The lowest BCUT2D eigenvalue weighted by Gasteiger charge is -2.05. The first-order valence-electron chi connectivity index (χ1n) is 4.04. The number of rotatable bonds is 4. The van der Waals surface area contributed by atoms with Crippen molar-refractivity contribution in [1.82, 2.24) is 4.98 Å². The number of amides is 1. The molecule has 0 aliphatic rings. The molecule has 1 heterocycles. The second-order valence-electron chi connectivity index (χ2n) is 2.59. The number of carbonyl (C=O) groups excluding carboxylic acids is 1. The van der Waals surface area contributed by atoms with E-state index in [1.165, 1.54) is 20.4 Å². The van der Waals surface area contributed by atoms with Crippen molar-refractivity contribution in [3.63, 3.8) is 0 Å². The molecule has 0 bridgehead atoms. The van der Waals surface area contributed by atoms with E-state index in [9.17, 15) is 4.79 Å². The van der Waals surface area contributed by atoms with E-state index in [0.29, 0.717) is 11.4 Å². The molecule has 0 aliphatic heterocycles. The molecule has 0 saturated heterocycles. The number of aromatic nitrogens is 1. The monoisotopic (exact) mass is 196 g/mol. The van der Waals surface area contributed by atoms with Crippen LogP contribution in [0.5, 0.6) is 5.75 Å². The van der Waals surface area contributed by atoms with Gasteiger partial charge in [0.25, 0.3) is 0 Å². The Labute approximate surface area is 82.0 Å². The molecule has 0 spiro atoms. The molecule has 0 saturated carbocycles. The molecule has 5 nitrogen and oxygen atoms in total. The maximum Gasteiger partial charge on any atom is 0.250 e. The Morgan fingerprint density at radius 1 is 1.50 bits per heavy atom. The predicted molar refractivity (Wildman–Crippen MR) is 51.3 cm³/mol. The summed E-state index contributed by atoms with van der Waals surface area (Å²) in [5.74, 6) is 0.378. The molecule has 0 radical (unpaired) electrons. The molecule has 1 N–H and O–H groups in total. The van der Waals surface area contributed by atoms with Crippen LogP contribution in [0.3, 0.4) is 0 Å². The molecule has 1 aromatic rings. The van der Waals surface area contributed by atoms with Gasteiger partial charge in [-0.2, -0.15) is 0 Å². The second-order valence-corrected chi connectivity index (χ2v) is 2.59. The van der Waals surface area contributed by atoms with Gasteiger partial charge in [0.05, 0.1) is 25.2 Å². The highest BCUT2D eigenvalue weighted by atomic mass is 16.5. The molecule has 0 aromatic carbocycles. The van der Waals surface area contributed by atoms with Crippen molar-refractivity contribution < 1.29 is 14.3 Å². The van der Waals surface area contributed by atoms with E-state index in [-0.39, 0.29) is 12.5 Å². The number of carbonyl (C=O) groups is 1. The number of hydrogen-bond acceptors (Lipinski definition) is 4. The van der Waals surface area contributed by atoms with E-state index in [1.54, 1.807) is 12.3 Å². The van der Waals surface area contributed by atoms with Gasteiger partial charge in [-0.05, 0) is 0 Å². The SMILES string of the molecule is COCC(=O)Nc1cncc(OC)c1. The van der Waals surface area contributed by atoms with Crippen LogP contribution >= 0.6 is 0 Å². The molecule has 0 aliphatic carbocycles. The third kappa shape index (κ3) is 3.02. The third-order valence-corrected chi connectivity index (χ3v) is 1.51. The topological polar surface area (TPSA) is 60.5 Å². The van der Waals surface area contributed by atoms with E-state index < -0.39 is 0 Å². The summed E-state index contributed by atoms with van der Waals surface area (Å²) in [6.07, 6.45) is 3.10. The zero-order valence-electron chi connectivity index (χ0n) is 8.11. The molecule has 5 heteroatoms. The first-order chi connectivity index (χ1) is 6.76. The fourth-order valence-electron chi connectivity index (χ4n) is 0.927. The minimum Gasteiger partial charge on any atom is -0.495 e. The average Bonchev–Trinajstić information content (AvgIpc) is 2.18. The van der Waals surface area contributed by atoms with E-state index in [1.807, 2.05) is 0 Å². The van der Waals surface area contributed by atoms with Crippen molar-refractivity contribution in [3.05, 3.63) is 18.5 Å². The van der Waals surface area contributed by atoms with Crippen LogP contribution in [0.15, 0.2) is 18.5 Å². The number of methoxy groups -OCH3 is 2. The first-order valence-corrected chi connectivity index (χ1v) is 4.04. The fraction of sp³-hybridized carbons (Fsp3) is 0.333. The predicted octanol–water partition coefficient (Wildman–Crippen LogP) is 0.675. The largest absolute Gasteiger partial charge is 0.495 e. The summed E-state index contributed by atoms with van der Waals surface area (Å²) in [6.45, 7) is 0.0250. The van der Waals surface area contributed by atoms with E-state index in [0.717, 1.165) is 0 Å². The molecular weight excluding hydrogens is 184 g/mol. The molecular formula is C9H12N2O3. The maximum atomic E-state index is 11.1. The number of hydrogen-bond donors (Lipinski definition) is 1. The van der Waals surface area contributed by atoms with Gasteiger partial charge in [0.2, 0.25) is 5.91 Å². The number of ether oxygens (including phenoxy) is 2. The highest BCUT2D eigenvalue weighted by Crippen LogP contribution is 2.14. The summed E-state index contributed by atoms with van der Waals surface area (Å²) in [7, 11) is 3.00. The molecule has 14 heavy (non-hydrogen) atoms. The van der Waals surface area contributed by atoms with Crippen molar-refractivity contribution in [2.45, 2.75) is 0 Å². The summed E-state index contributed by atoms with van der Waals surface area (Å²) < 4.78 is 9.62. The summed E-state index contributed by atoms with van der Waals surface area (Å²) in [6, 6.07) is 1.68. The lowest BCUT2D eigenvalue weighted by atomic mass is 10.4. The van der Waals surface area contributed by atoms with Crippen LogP contribution in [0.4, 0.5) is 5.69 Å². The normalized spacial score (nSPS) is 9.57. The van der Waals surface area contributed by atoms with Crippen LogP contribution in [-0.2, 0) is 9.53 Å². The quantitative estimate of drug-likeness (QED) is 0.769. The zero-order chi connectivity index (χ0) is 10.4. The number of pyridine rings is 1. The number of nitrogens with one attached hydrogen (secondary N) is 1. The van der Waals surface area contributed by atoms with Crippen molar-refractivity contribution >= 4 is 11.6 Å². The standard InChI is InChI=1S/C9H12N2O3/c1-13-6-9(12)11-7-3-8(14-2)5-10-4-7/h3-5H,6H2,1-2H3,(H,11,12). The van der Waals surface area contributed by atoms with Gasteiger partial charge in [-0.3, -0.25) is 9.78 Å². The Bertz CT molecular complexity index is 315. The molecule has 1 rings (SSSR count). The first kappa shape index (κ1) is 10.5. The lowest BCUT2D eigenvalue weighted by Crippen LogP contribution is -2.17. The number of anilines is 1. The van der Waals surface area contributed by atoms with Gasteiger partial charge in [-0.1, -0.05) is 0 Å². The van der Waals surface area contributed by atoms with Crippen molar-refractivity contribution in [2.75, 3.05) is 26.1 Å². The van der Waals surface area contributed by atoms with Crippen LogP contribution in [-0.4, -0.2) is 31.7 Å². The van der Waals surface area contributed by atoms with Crippen LogP contribution in [0.25, 0.3) is 0 Å². The zero-order valence-corrected chi connectivity index (χ0v) is 8.11. The van der Waals surface area contributed by atoms with Gasteiger partial charge in [0, 0.05) is 13.2 Å². The van der Waals surface area contributed by atoms with Gasteiger partial charge in [-0.15, -0.1) is 0 Å². The molecule has 76 valence electrons. The highest BCUT2D eigenvalue weighted by molar-refractivity contribution is 5.91. The van der Waals surface area contributed by atoms with Crippen molar-refractivity contribution in [1.29, 1.82) is 0 Å². The van der Waals surface area contributed by atoms with Crippen LogP contribution in [0.1, 0.15) is 0 Å². The Balaban J connectivity index is 2.62. The molecule has 0 unspecified atom stereocenters.